The van der Waals surface area contributed by atoms with Gasteiger partial charge in [-0.2, -0.15) is 0 Å². The molecule has 1 aliphatic rings. The average Bonchev–Trinajstić information content (AvgIpc) is 2.62. The maximum atomic E-state index is 12.6. The van der Waals surface area contributed by atoms with E-state index in [1.54, 1.807) is 18.0 Å². The Balaban J connectivity index is 1.80. The summed E-state index contributed by atoms with van der Waals surface area (Å²) in [5, 5.41) is 0. The van der Waals surface area contributed by atoms with Gasteiger partial charge in [0.05, 0.1) is 0 Å². The smallest absolute Gasteiger partial charge is 0.276 e. The molecule has 0 aliphatic carbocycles. The molecule has 1 aromatic heterocycles. The summed E-state index contributed by atoms with van der Waals surface area (Å²) in [6.45, 7) is 2.00. The topological polar surface area (TPSA) is 49.3 Å². The van der Waals surface area contributed by atoms with Gasteiger partial charge in [-0.3, -0.25) is 4.79 Å². The molecule has 22 heavy (non-hydrogen) atoms. The van der Waals surface area contributed by atoms with Crippen molar-refractivity contribution in [3.63, 3.8) is 0 Å². The highest BCUT2D eigenvalue weighted by Gasteiger charge is 2.18. The van der Waals surface area contributed by atoms with E-state index in [0.29, 0.717) is 5.69 Å². The van der Waals surface area contributed by atoms with E-state index in [1.807, 2.05) is 30.3 Å². The SMILES string of the molecule is CN(C(=O)c1cc(N2CCCCC2)ncn1)c1ccccc1. The Kier molecular flexibility index (Phi) is 4.32. The Labute approximate surface area is 130 Å². The van der Waals surface area contributed by atoms with Gasteiger partial charge in [0.2, 0.25) is 0 Å². The van der Waals surface area contributed by atoms with Gasteiger partial charge >= 0.3 is 0 Å². The summed E-state index contributed by atoms with van der Waals surface area (Å²) in [5.41, 5.74) is 1.28. The lowest BCUT2D eigenvalue weighted by Gasteiger charge is -2.27. The Hall–Kier alpha value is -2.43. The predicted octanol–water partition coefficient (Wildman–Crippen LogP) is 2.74. The van der Waals surface area contributed by atoms with Crippen LogP contribution >= 0.6 is 0 Å². The molecule has 1 fully saturated rings. The first-order chi connectivity index (χ1) is 10.8. The number of carbonyl (C=O) groups excluding carboxylic acids is 1. The van der Waals surface area contributed by atoms with Crippen molar-refractivity contribution in [3.05, 3.63) is 48.4 Å². The van der Waals surface area contributed by atoms with Crippen molar-refractivity contribution in [3.8, 4) is 0 Å². The van der Waals surface area contributed by atoms with E-state index in [-0.39, 0.29) is 5.91 Å². The highest BCUT2D eigenvalue weighted by molar-refractivity contribution is 6.04. The van der Waals surface area contributed by atoms with Crippen molar-refractivity contribution in [2.75, 3.05) is 29.9 Å². The van der Waals surface area contributed by atoms with Gasteiger partial charge in [0.1, 0.15) is 17.8 Å². The van der Waals surface area contributed by atoms with E-state index in [1.165, 1.54) is 25.6 Å². The standard InChI is InChI=1S/C17H20N4O/c1-20(14-8-4-2-5-9-14)17(22)15-12-16(19-13-18-15)21-10-6-3-7-11-21/h2,4-5,8-9,12-13H,3,6-7,10-11H2,1H3. The minimum Gasteiger partial charge on any atom is -0.357 e. The summed E-state index contributed by atoms with van der Waals surface area (Å²) >= 11 is 0. The maximum absolute atomic E-state index is 12.6. The molecule has 0 radical (unpaired) electrons. The third-order valence-corrected chi connectivity index (χ3v) is 4.00. The Morgan fingerprint density at radius 3 is 2.55 bits per heavy atom. The van der Waals surface area contributed by atoms with Crippen molar-refractivity contribution >= 4 is 17.4 Å². The number of rotatable bonds is 3. The number of carbonyl (C=O) groups is 1. The van der Waals surface area contributed by atoms with Crippen LogP contribution in [0.5, 0.6) is 0 Å². The summed E-state index contributed by atoms with van der Waals surface area (Å²) in [5.74, 6) is 0.728. The Morgan fingerprint density at radius 2 is 1.82 bits per heavy atom. The van der Waals surface area contributed by atoms with Crippen LogP contribution in [-0.2, 0) is 0 Å². The number of amides is 1. The minimum absolute atomic E-state index is 0.119. The molecule has 3 rings (SSSR count). The maximum Gasteiger partial charge on any atom is 0.276 e. The molecule has 5 nitrogen and oxygen atoms in total. The van der Waals surface area contributed by atoms with E-state index in [4.69, 9.17) is 0 Å². The number of nitrogens with zero attached hydrogens (tertiary/aromatic N) is 4. The number of piperidine rings is 1. The van der Waals surface area contributed by atoms with Crippen LogP contribution in [0.3, 0.4) is 0 Å². The van der Waals surface area contributed by atoms with Crippen LogP contribution in [0.4, 0.5) is 11.5 Å². The van der Waals surface area contributed by atoms with Crippen LogP contribution in [0.15, 0.2) is 42.7 Å². The fourth-order valence-corrected chi connectivity index (χ4v) is 2.70. The van der Waals surface area contributed by atoms with Crippen LogP contribution in [0.1, 0.15) is 29.8 Å². The molecule has 1 amide bonds. The molecular weight excluding hydrogens is 276 g/mol. The van der Waals surface area contributed by atoms with Gasteiger partial charge in [0, 0.05) is 31.9 Å². The first-order valence-corrected chi connectivity index (χ1v) is 7.66. The zero-order chi connectivity index (χ0) is 15.4. The zero-order valence-electron chi connectivity index (χ0n) is 12.8. The quantitative estimate of drug-likeness (QED) is 0.874. The van der Waals surface area contributed by atoms with Gasteiger partial charge < -0.3 is 9.80 Å². The molecule has 0 N–H and O–H groups in total. The molecule has 0 unspecified atom stereocenters. The number of aromatic nitrogens is 2. The summed E-state index contributed by atoms with van der Waals surface area (Å²) in [7, 11) is 1.76. The van der Waals surface area contributed by atoms with Gasteiger partial charge in [-0.05, 0) is 31.4 Å². The fraction of sp³-hybridized carbons (Fsp3) is 0.353. The number of anilines is 2. The van der Waals surface area contributed by atoms with Crippen LogP contribution in [0.25, 0.3) is 0 Å². The molecule has 0 atom stereocenters. The molecule has 0 spiro atoms. The molecule has 0 saturated carbocycles. The molecule has 1 saturated heterocycles. The third-order valence-electron chi connectivity index (χ3n) is 4.00. The lowest BCUT2D eigenvalue weighted by atomic mass is 10.1. The second kappa shape index (κ2) is 6.56. The molecule has 1 aliphatic heterocycles. The summed E-state index contributed by atoms with van der Waals surface area (Å²) in [4.78, 5) is 24.9. The van der Waals surface area contributed by atoms with Gasteiger partial charge in [-0.25, -0.2) is 9.97 Å². The zero-order valence-corrected chi connectivity index (χ0v) is 12.8. The lowest BCUT2D eigenvalue weighted by molar-refractivity contribution is 0.0988. The van der Waals surface area contributed by atoms with Gasteiger partial charge in [0.15, 0.2) is 0 Å². The van der Waals surface area contributed by atoms with Gasteiger partial charge in [-0.1, -0.05) is 18.2 Å². The highest BCUT2D eigenvalue weighted by atomic mass is 16.2. The first kappa shape index (κ1) is 14.5. The van der Waals surface area contributed by atoms with Gasteiger partial charge in [-0.15, -0.1) is 0 Å². The van der Waals surface area contributed by atoms with Crippen molar-refractivity contribution in [2.45, 2.75) is 19.3 Å². The second-order valence-electron chi connectivity index (χ2n) is 5.51. The van der Waals surface area contributed by atoms with E-state index >= 15 is 0 Å². The highest BCUT2D eigenvalue weighted by Crippen LogP contribution is 2.19. The van der Waals surface area contributed by atoms with Crippen molar-refractivity contribution in [1.82, 2.24) is 9.97 Å². The normalized spacial score (nSPS) is 14.7. The number of hydrogen-bond acceptors (Lipinski definition) is 4. The predicted molar refractivity (Wildman–Crippen MR) is 87.3 cm³/mol. The number of para-hydroxylation sites is 1. The van der Waals surface area contributed by atoms with E-state index in [9.17, 15) is 4.79 Å². The van der Waals surface area contributed by atoms with Crippen LogP contribution in [0, 0.1) is 0 Å². The fourth-order valence-electron chi connectivity index (χ4n) is 2.70. The van der Waals surface area contributed by atoms with Crippen LogP contribution in [0.2, 0.25) is 0 Å². The molecule has 1 aromatic carbocycles. The molecule has 2 aromatic rings. The Morgan fingerprint density at radius 1 is 1.09 bits per heavy atom. The van der Waals surface area contributed by atoms with E-state index in [0.717, 1.165) is 24.6 Å². The molecule has 5 heteroatoms. The van der Waals surface area contributed by atoms with Gasteiger partial charge in [0.25, 0.3) is 5.91 Å². The van der Waals surface area contributed by atoms with Crippen LogP contribution < -0.4 is 9.80 Å². The largest absolute Gasteiger partial charge is 0.357 e. The molecule has 114 valence electrons. The summed E-state index contributed by atoms with van der Waals surface area (Å²) in [6, 6.07) is 11.4. The first-order valence-electron chi connectivity index (χ1n) is 7.66. The minimum atomic E-state index is -0.119. The lowest BCUT2D eigenvalue weighted by Crippen LogP contribution is -2.31. The average molecular weight is 296 g/mol. The third kappa shape index (κ3) is 3.08. The van der Waals surface area contributed by atoms with E-state index < -0.39 is 0 Å². The number of benzene rings is 1. The van der Waals surface area contributed by atoms with Crippen molar-refractivity contribution < 1.29 is 4.79 Å². The molecular formula is C17H20N4O. The van der Waals surface area contributed by atoms with Crippen molar-refractivity contribution in [1.29, 1.82) is 0 Å². The Bertz CT molecular complexity index is 638. The molecule has 2 heterocycles. The van der Waals surface area contributed by atoms with Crippen molar-refractivity contribution in [2.24, 2.45) is 0 Å². The monoisotopic (exact) mass is 296 g/mol. The summed E-state index contributed by atoms with van der Waals surface area (Å²) in [6.07, 6.45) is 5.11. The van der Waals surface area contributed by atoms with Crippen LogP contribution in [-0.4, -0.2) is 36.0 Å². The number of hydrogen-bond donors (Lipinski definition) is 0. The summed E-state index contributed by atoms with van der Waals surface area (Å²) < 4.78 is 0. The second-order valence-corrected chi connectivity index (χ2v) is 5.51. The van der Waals surface area contributed by atoms with E-state index in [2.05, 4.69) is 14.9 Å². The molecule has 0 bridgehead atoms.